The molecule has 0 bridgehead atoms. The SMILES string of the molecule is Cc1cnc2c(c1)nnn2-c1ccc(C(=O)O)nc1. The molecule has 3 heterocycles. The van der Waals surface area contributed by atoms with Crippen LogP contribution in [-0.4, -0.2) is 36.0 Å². The van der Waals surface area contributed by atoms with E-state index in [9.17, 15) is 4.79 Å². The maximum absolute atomic E-state index is 10.7. The fraction of sp³-hybridized carbons (Fsp3) is 0.0833. The summed E-state index contributed by atoms with van der Waals surface area (Å²) in [5.41, 5.74) is 2.89. The molecule has 0 atom stereocenters. The van der Waals surface area contributed by atoms with Gasteiger partial charge in [0.25, 0.3) is 0 Å². The number of hydrogen-bond acceptors (Lipinski definition) is 5. The highest BCUT2D eigenvalue weighted by Crippen LogP contribution is 2.14. The van der Waals surface area contributed by atoms with E-state index in [-0.39, 0.29) is 5.69 Å². The van der Waals surface area contributed by atoms with Gasteiger partial charge in [-0.2, -0.15) is 4.68 Å². The molecule has 3 rings (SSSR count). The van der Waals surface area contributed by atoms with Gasteiger partial charge in [-0.15, -0.1) is 5.10 Å². The van der Waals surface area contributed by atoms with Crippen LogP contribution in [0.5, 0.6) is 0 Å². The maximum atomic E-state index is 10.7. The topological polar surface area (TPSA) is 93.8 Å². The predicted octanol–water partition coefficient (Wildman–Crippen LogP) is 1.22. The predicted molar refractivity (Wildman–Crippen MR) is 66.2 cm³/mol. The summed E-state index contributed by atoms with van der Waals surface area (Å²) in [6.45, 7) is 1.93. The van der Waals surface area contributed by atoms with Crippen LogP contribution in [0.1, 0.15) is 16.1 Å². The molecule has 0 radical (unpaired) electrons. The molecule has 3 aromatic rings. The van der Waals surface area contributed by atoms with E-state index < -0.39 is 5.97 Å². The zero-order chi connectivity index (χ0) is 13.4. The van der Waals surface area contributed by atoms with Gasteiger partial charge in [-0.3, -0.25) is 0 Å². The van der Waals surface area contributed by atoms with Gasteiger partial charge in [0.1, 0.15) is 11.2 Å². The van der Waals surface area contributed by atoms with Gasteiger partial charge in [0.15, 0.2) is 5.65 Å². The standard InChI is InChI=1S/C12H9N5O2/c1-7-4-10-11(14-5-7)17(16-15-10)8-2-3-9(12(18)19)13-6-8/h2-6H,1H3,(H,18,19). The van der Waals surface area contributed by atoms with Crippen LogP contribution < -0.4 is 0 Å². The zero-order valence-electron chi connectivity index (χ0n) is 9.98. The van der Waals surface area contributed by atoms with Crippen LogP contribution in [0.4, 0.5) is 0 Å². The van der Waals surface area contributed by atoms with E-state index in [2.05, 4.69) is 20.3 Å². The Kier molecular flexibility index (Phi) is 2.45. The number of hydrogen-bond donors (Lipinski definition) is 1. The van der Waals surface area contributed by atoms with Crippen molar-refractivity contribution in [2.45, 2.75) is 6.92 Å². The number of aryl methyl sites for hydroxylation is 1. The van der Waals surface area contributed by atoms with Crippen LogP contribution in [0.2, 0.25) is 0 Å². The Morgan fingerprint density at radius 3 is 2.79 bits per heavy atom. The highest BCUT2D eigenvalue weighted by molar-refractivity contribution is 5.85. The van der Waals surface area contributed by atoms with Crippen molar-refractivity contribution >= 4 is 17.1 Å². The monoisotopic (exact) mass is 255 g/mol. The third-order valence-corrected chi connectivity index (χ3v) is 2.64. The van der Waals surface area contributed by atoms with E-state index in [1.165, 1.54) is 16.9 Å². The van der Waals surface area contributed by atoms with E-state index >= 15 is 0 Å². The molecule has 0 spiro atoms. The Balaban J connectivity index is 2.11. The number of nitrogens with zero attached hydrogens (tertiary/aromatic N) is 5. The number of carbonyl (C=O) groups is 1. The molecule has 19 heavy (non-hydrogen) atoms. The smallest absolute Gasteiger partial charge is 0.354 e. The lowest BCUT2D eigenvalue weighted by molar-refractivity contribution is 0.0690. The molecule has 0 aliphatic rings. The molecule has 0 saturated carbocycles. The van der Waals surface area contributed by atoms with E-state index in [0.29, 0.717) is 16.9 Å². The molecule has 94 valence electrons. The van der Waals surface area contributed by atoms with E-state index in [1.807, 2.05) is 13.0 Å². The van der Waals surface area contributed by atoms with Crippen molar-refractivity contribution in [1.82, 2.24) is 25.0 Å². The van der Waals surface area contributed by atoms with E-state index in [4.69, 9.17) is 5.11 Å². The molecule has 0 fully saturated rings. The van der Waals surface area contributed by atoms with E-state index in [0.717, 1.165) is 5.56 Å². The lowest BCUT2D eigenvalue weighted by Crippen LogP contribution is -2.03. The average molecular weight is 255 g/mol. The third kappa shape index (κ3) is 1.90. The van der Waals surface area contributed by atoms with Crippen molar-refractivity contribution in [1.29, 1.82) is 0 Å². The number of rotatable bonds is 2. The summed E-state index contributed by atoms with van der Waals surface area (Å²) in [5.74, 6) is -1.07. The van der Waals surface area contributed by atoms with Gasteiger partial charge in [-0.25, -0.2) is 14.8 Å². The summed E-state index contributed by atoms with van der Waals surface area (Å²) < 4.78 is 1.52. The second kappa shape index (κ2) is 4.13. The summed E-state index contributed by atoms with van der Waals surface area (Å²) >= 11 is 0. The minimum Gasteiger partial charge on any atom is -0.477 e. The first-order chi connectivity index (χ1) is 9.15. The number of carboxylic acids is 1. The molecular weight excluding hydrogens is 246 g/mol. The highest BCUT2D eigenvalue weighted by Gasteiger charge is 2.10. The minimum atomic E-state index is -1.07. The Bertz CT molecular complexity index is 763. The zero-order valence-corrected chi connectivity index (χ0v) is 9.98. The molecule has 3 aromatic heterocycles. The normalized spacial score (nSPS) is 10.8. The number of fused-ring (bicyclic) bond motifs is 1. The van der Waals surface area contributed by atoms with Gasteiger partial charge in [-0.05, 0) is 30.7 Å². The Morgan fingerprint density at radius 1 is 1.26 bits per heavy atom. The maximum Gasteiger partial charge on any atom is 0.354 e. The Labute approximate surface area is 107 Å². The summed E-state index contributed by atoms with van der Waals surface area (Å²) in [7, 11) is 0. The fourth-order valence-electron chi connectivity index (χ4n) is 1.73. The Morgan fingerprint density at radius 2 is 2.11 bits per heavy atom. The molecule has 0 unspecified atom stereocenters. The number of aromatic nitrogens is 5. The number of pyridine rings is 2. The molecular formula is C12H9N5O2. The van der Waals surface area contributed by atoms with Crippen molar-refractivity contribution < 1.29 is 9.90 Å². The van der Waals surface area contributed by atoms with Crippen molar-refractivity contribution in [3.8, 4) is 5.69 Å². The second-order valence-electron chi connectivity index (χ2n) is 4.06. The molecule has 0 aromatic carbocycles. The molecule has 1 N–H and O–H groups in total. The van der Waals surface area contributed by atoms with Crippen LogP contribution in [0.15, 0.2) is 30.6 Å². The van der Waals surface area contributed by atoms with Crippen molar-refractivity contribution in [3.05, 3.63) is 41.9 Å². The summed E-state index contributed by atoms with van der Waals surface area (Å²) in [5, 5.41) is 16.8. The number of carboxylic acid groups (broad SMARTS) is 1. The van der Waals surface area contributed by atoms with Crippen molar-refractivity contribution in [2.24, 2.45) is 0 Å². The fourth-order valence-corrected chi connectivity index (χ4v) is 1.73. The molecule has 0 aliphatic carbocycles. The Hall–Kier alpha value is -2.83. The van der Waals surface area contributed by atoms with Gasteiger partial charge in [0, 0.05) is 6.20 Å². The average Bonchev–Trinajstić information content (AvgIpc) is 2.81. The van der Waals surface area contributed by atoms with Gasteiger partial charge < -0.3 is 5.11 Å². The molecule has 7 nitrogen and oxygen atoms in total. The first-order valence-corrected chi connectivity index (χ1v) is 5.53. The number of aromatic carboxylic acids is 1. The van der Waals surface area contributed by atoms with Crippen molar-refractivity contribution in [3.63, 3.8) is 0 Å². The van der Waals surface area contributed by atoms with Crippen LogP contribution in [0, 0.1) is 6.92 Å². The van der Waals surface area contributed by atoms with Gasteiger partial charge in [-0.1, -0.05) is 5.21 Å². The van der Waals surface area contributed by atoms with Crippen LogP contribution in [0.3, 0.4) is 0 Å². The van der Waals surface area contributed by atoms with E-state index in [1.54, 1.807) is 12.3 Å². The molecule has 0 amide bonds. The van der Waals surface area contributed by atoms with Gasteiger partial charge in [0.05, 0.1) is 11.9 Å². The highest BCUT2D eigenvalue weighted by atomic mass is 16.4. The van der Waals surface area contributed by atoms with Gasteiger partial charge in [0.2, 0.25) is 0 Å². The molecule has 0 saturated heterocycles. The minimum absolute atomic E-state index is 0.0167. The largest absolute Gasteiger partial charge is 0.477 e. The molecule has 7 heteroatoms. The lowest BCUT2D eigenvalue weighted by atomic mass is 10.3. The second-order valence-corrected chi connectivity index (χ2v) is 4.06. The van der Waals surface area contributed by atoms with Crippen LogP contribution >= 0.6 is 0 Å². The van der Waals surface area contributed by atoms with Crippen LogP contribution in [-0.2, 0) is 0 Å². The third-order valence-electron chi connectivity index (χ3n) is 2.64. The van der Waals surface area contributed by atoms with Gasteiger partial charge >= 0.3 is 5.97 Å². The summed E-state index contributed by atoms with van der Waals surface area (Å²) in [6, 6.07) is 4.91. The molecule has 0 aliphatic heterocycles. The van der Waals surface area contributed by atoms with Crippen molar-refractivity contribution in [2.75, 3.05) is 0 Å². The summed E-state index contributed by atoms with van der Waals surface area (Å²) in [6.07, 6.45) is 3.15. The summed E-state index contributed by atoms with van der Waals surface area (Å²) in [4.78, 5) is 18.9. The lowest BCUT2D eigenvalue weighted by Gasteiger charge is -2.01. The van der Waals surface area contributed by atoms with Crippen LogP contribution in [0.25, 0.3) is 16.9 Å². The first-order valence-electron chi connectivity index (χ1n) is 5.53. The first kappa shape index (κ1) is 11.3. The quantitative estimate of drug-likeness (QED) is 0.739.